The van der Waals surface area contributed by atoms with Crippen molar-refractivity contribution < 1.29 is 14.3 Å². The van der Waals surface area contributed by atoms with Gasteiger partial charge in [-0.1, -0.05) is 252 Å². The van der Waals surface area contributed by atoms with Crippen LogP contribution in [-0.4, -0.2) is 49.9 Å². The maximum absolute atomic E-state index is 14.2. The van der Waals surface area contributed by atoms with Gasteiger partial charge in [-0.05, 0) is 206 Å². The molecule has 448 valence electrons. The first-order valence-electron chi connectivity index (χ1n) is 29.5. The van der Waals surface area contributed by atoms with Crippen molar-refractivity contribution in [2.75, 3.05) is 0 Å². The normalized spacial score (nSPS) is 11.9. The molecule has 0 spiro atoms. The fraction of sp³-hybridized carbons (Fsp3) is 0.299. The molecule has 8 rings (SSSR count). The third kappa shape index (κ3) is 20.5. The summed E-state index contributed by atoms with van der Waals surface area (Å²) in [6.07, 6.45) is 4.40. The quantitative estimate of drug-likeness (QED) is 0.0284. The van der Waals surface area contributed by atoms with Gasteiger partial charge in [-0.15, -0.1) is 11.8 Å². The molecule has 0 aliphatic rings. The molecule has 8 aromatic carbocycles. The van der Waals surface area contributed by atoms with E-state index in [-0.39, 0.29) is 36.9 Å². The van der Waals surface area contributed by atoms with Gasteiger partial charge in [0.2, 0.25) is 0 Å². The van der Waals surface area contributed by atoms with Gasteiger partial charge in [0.1, 0.15) is 11.0 Å². The summed E-state index contributed by atoms with van der Waals surface area (Å²) in [5.41, 5.74) is 20.5. The second kappa shape index (κ2) is 35.2. The first-order chi connectivity index (χ1) is 40.9. The van der Waals surface area contributed by atoms with Gasteiger partial charge in [-0.25, -0.2) is 0 Å². The number of carbonyl (C=O) groups is 2. The van der Waals surface area contributed by atoms with Gasteiger partial charge in [0.15, 0.2) is 5.78 Å². The fourth-order valence-corrected chi connectivity index (χ4v) is 14.2. The van der Waals surface area contributed by atoms with Gasteiger partial charge in [-0.3, -0.25) is 9.59 Å². The summed E-state index contributed by atoms with van der Waals surface area (Å²) in [5.74, 6) is 0.644. The number of rotatable bonds is 19. The second-order valence-electron chi connectivity index (χ2n) is 23.5. The van der Waals surface area contributed by atoms with E-state index in [1.54, 1.807) is 27.9 Å². The molecule has 3 atom stereocenters. The van der Waals surface area contributed by atoms with Crippen molar-refractivity contribution in [1.82, 2.24) is 0 Å². The number of thiocarbonyl (C=S) groups is 2. The van der Waals surface area contributed by atoms with Crippen molar-refractivity contribution in [3.63, 3.8) is 0 Å². The first-order valence-corrected chi connectivity index (χ1v) is 32.6. The van der Waals surface area contributed by atoms with Crippen molar-refractivity contribution in [2.45, 2.75) is 150 Å². The summed E-state index contributed by atoms with van der Waals surface area (Å²) in [5, 5.41) is -0.158. The van der Waals surface area contributed by atoms with Gasteiger partial charge >= 0.3 is 26.4 Å². The van der Waals surface area contributed by atoms with Crippen LogP contribution in [0.5, 0.6) is 5.75 Å². The molecule has 87 heavy (non-hydrogen) atoms. The standard InChI is InChI=1S/C38H42O2S2.C24H24S2.C15H20O.Al.B.HN/c1-25-26(2)28(4)35(29(5)27(25)3)40-36(39)34(42-37(41)31-19-13-9-14-20-31)23-32(30-17-11-8-12-18-30)24-38(6,7)33-21-15-10-16-22-33;1-24(2,21-16-10-5-11-17-21)18-22(19-12-6-3-7-13-19)26-23(25)20-14-8-4-9-15-20;1-7-14(16)8-15-12(5)10(3)9(2)11(4)13(15)6;;;/h8-22,32,34H,23-24H2,1-7H3;3-17,22H,18H2,1-2H3;7H,1,8H2,2-6H3;;;1H. The van der Waals surface area contributed by atoms with Crippen molar-refractivity contribution in [2.24, 2.45) is 0 Å². The van der Waals surface area contributed by atoms with Gasteiger partial charge in [-0.2, -0.15) is 0 Å². The maximum atomic E-state index is 14.2. The number of nitrogens with one attached hydrogen (secondary N) is 1. The topological polar surface area (TPSA) is 67.2 Å². The summed E-state index contributed by atoms with van der Waals surface area (Å²) >= 11 is 16.6. The summed E-state index contributed by atoms with van der Waals surface area (Å²) in [4.78, 5) is 25.7. The zero-order valence-electron chi connectivity index (χ0n) is 53.7. The van der Waals surface area contributed by atoms with Gasteiger partial charge in [0, 0.05) is 20.1 Å². The van der Waals surface area contributed by atoms with Crippen molar-refractivity contribution >= 4 is 92.6 Å². The summed E-state index contributed by atoms with van der Waals surface area (Å²) in [6, 6.07) is 63.0. The molecule has 0 saturated heterocycles. The predicted molar refractivity (Wildman–Crippen MR) is 385 cm³/mol. The SMILES string of the molecule is C=CC(=O)Cc1c(C)c(C)c(C)c(C)c1C.CC(C)(CC(SC(=S)c1ccccc1)c1ccccc1)c1ccccc1.Cc1c(C)c(C)c(OC(=O)C(CC(CC(C)(C)c2ccccc2)c2ccccc2)SC(=S)c2ccccc2)c(C)c1C.[B].[NH]=[Al]. The number of thioether (sulfide) groups is 2. The number of carbonyl (C=O) groups excluding carboxylic acids is 2. The van der Waals surface area contributed by atoms with Crippen molar-refractivity contribution in [3.8, 4) is 5.75 Å². The predicted octanol–water partition coefficient (Wildman–Crippen LogP) is 20.4. The van der Waals surface area contributed by atoms with E-state index < -0.39 is 5.25 Å². The Balaban J connectivity index is 0.000000305. The fourth-order valence-electron chi connectivity index (χ4n) is 10.9. The van der Waals surface area contributed by atoms with E-state index in [2.05, 4.69) is 217 Å². The molecule has 0 aliphatic heterocycles. The van der Waals surface area contributed by atoms with Crippen LogP contribution in [0.4, 0.5) is 0 Å². The Labute approximate surface area is 551 Å². The molecular weight excluding hydrogens is 1150 g/mol. The van der Waals surface area contributed by atoms with E-state index in [1.807, 2.05) is 68.4 Å². The Hall–Kier alpha value is -6.08. The van der Waals surface area contributed by atoms with E-state index in [0.717, 1.165) is 50.4 Å². The van der Waals surface area contributed by atoms with Crippen LogP contribution in [-0.2, 0) is 26.8 Å². The summed E-state index contributed by atoms with van der Waals surface area (Å²) in [7, 11) is 0. The molecular formula is C77H87AlBNO3S4. The minimum atomic E-state index is -0.477. The molecule has 3 unspecified atom stereocenters. The molecule has 1 N–H and O–H groups in total. The molecule has 0 saturated carbocycles. The first kappa shape index (κ1) is 73.4. The molecule has 0 amide bonds. The number of ether oxygens (including phenoxy) is 1. The molecule has 0 aromatic heterocycles. The second-order valence-corrected chi connectivity index (χ2v) is 27.3. The van der Waals surface area contributed by atoms with Gasteiger partial charge in [0.25, 0.3) is 0 Å². The third-order valence-corrected chi connectivity index (χ3v) is 20.5. The zero-order valence-corrected chi connectivity index (χ0v) is 58.1. The average molecular weight is 1240 g/mol. The van der Waals surface area contributed by atoms with Crippen LogP contribution in [0.15, 0.2) is 195 Å². The van der Waals surface area contributed by atoms with Crippen LogP contribution >= 0.6 is 48.0 Å². The zero-order chi connectivity index (χ0) is 63.3. The Kier molecular flexibility index (Phi) is 29.7. The minimum absolute atomic E-state index is 0. The van der Waals surface area contributed by atoms with Crippen LogP contribution in [0, 0.1) is 73.6 Å². The number of hydrogen-bond acceptors (Lipinski definition) is 8. The Bertz CT molecular complexity index is 3480. The van der Waals surface area contributed by atoms with E-state index in [9.17, 15) is 9.59 Å². The molecule has 4 nitrogen and oxygen atoms in total. The molecule has 0 aliphatic carbocycles. The Morgan fingerprint density at radius 1 is 0.494 bits per heavy atom. The van der Waals surface area contributed by atoms with Crippen LogP contribution in [0.3, 0.4) is 0 Å². The van der Waals surface area contributed by atoms with E-state index >= 15 is 0 Å². The molecule has 0 fully saturated rings. The van der Waals surface area contributed by atoms with Crippen molar-refractivity contribution in [3.05, 3.63) is 289 Å². The van der Waals surface area contributed by atoms with E-state index in [1.165, 1.54) is 79.0 Å². The molecule has 4 radical (unpaired) electrons. The summed E-state index contributed by atoms with van der Waals surface area (Å²) < 4.78 is 13.7. The van der Waals surface area contributed by atoms with E-state index in [4.69, 9.17) is 33.5 Å². The number of ketones is 1. The monoisotopic (exact) mass is 1240 g/mol. The van der Waals surface area contributed by atoms with E-state index in [0.29, 0.717) is 28.0 Å². The van der Waals surface area contributed by atoms with Crippen LogP contribution in [0.2, 0.25) is 0 Å². The molecule has 0 bridgehead atoms. The van der Waals surface area contributed by atoms with Crippen LogP contribution in [0.25, 0.3) is 0 Å². The van der Waals surface area contributed by atoms with Crippen LogP contribution < -0.4 is 4.74 Å². The Morgan fingerprint density at radius 3 is 1.23 bits per heavy atom. The van der Waals surface area contributed by atoms with Gasteiger partial charge < -0.3 is 4.74 Å². The average Bonchev–Trinajstić information content (AvgIpc) is 2.63. The number of esters is 1. The third-order valence-electron chi connectivity index (χ3n) is 17.2. The summed E-state index contributed by atoms with van der Waals surface area (Å²) in [6.45, 7) is 33.8. The molecule has 0 heterocycles. The molecule has 8 aromatic rings. The number of allylic oxidation sites excluding steroid dienone is 1. The van der Waals surface area contributed by atoms with Crippen molar-refractivity contribution in [1.29, 1.82) is 4.35 Å². The molecule has 10 heteroatoms. The van der Waals surface area contributed by atoms with Crippen LogP contribution in [0.1, 0.15) is 153 Å². The number of hydrogen-bond donors (Lipinski definition) is 1. The Morgan fingerprint density at radius 2 is 0.828 bits per heavy atom. The number of benzene rings is 8. The van der Waals surface area contributed by atoms with Gasteiger partial charge in [0.05, 0.1) is 8.39 Å².